The molecule has 0 atom stereocenters. The van der Waals surface area contributed by atoms with E-state index in [1.807, 2.05) is 0 Å². The smallest absolute Gasteiger partial charge is 0.0642 e. The second-order valence-corrected chi connectivity index (χ2v) is 4.40. The van der Waals surface area contributed by atoms with E-state index in [1.165, 1.54) is 11.3 Å². The van der Waals surface area contributed by atoms with Crippen molar-refractivity contribution in [3.05, 3.63) is 29.8 Å². The molecule has 2 rings (SSSR count). The molecule has 1 aliphatic heterocycles. The van der Waals surface area contributed by atoms with Gasteiger partial charge in [0.05, 0.1) is 13.2 Å². The number of hydrogen-bond acceptors (Lipinski definition) is 3. The SMILES string of the molecule is C#CCCNCc1ccc(N2CCOCC2)cc1. The summed E-state index contributed by atoms with van der Waals surface area (Å²) in [7, 11) is 0. The summed E-state index contributed by atoms with van der Waals surface area (Å²) in [5.41, 5.74) is 2.58. The van der Waals surface area contributed by atoms with Gasteiger partial charge in [-0.3, -0.25) is 0 Å². The molecule has 1 aromatic rings. The van der Waals surface area contributed by atoms with Gasteiger partial charge in [0, 0.05) is 38.3 Å². The second-order valence-electron chi connectivity index (χ2n) is 4.40. The van der Waals surface area contributed by atoms with Gasteiger partial charge in [0.25, 0.3) is 0 Å². The maximum Gasteiger partial charge on any atom is 0.0642 e. The van der Waals surface area contributed by atoms with Crippen LogP contribution in [0.25, 0.3) is 0 Å². The van der Waals surface area contributed by atoms with Crippen LogP contribution in [0.15, 0.2) is 24.3 Å². The van der Waals surface area contributed by atoms with Gasteiger partial charge in [-0.15, -0.1) is 12.3 Å². The molecule has 18 heavy (non-hydrogen) atoms. The number of morpholine rings is 1. The molecule has 1 fully saturated rings. The van der Waals surface area contributed by atoms with Crippen molar-refractivity contribution in [3.63, 3.8) is 0 Å². The van der Waals surface area contributed by atoms with E-state index in [1.54, 1.807) is 0 Å². The highest BCUT2D eigenvalue weighted by Crippen LogP contribution is 2.16. The number of nitrogens with zero attached hydrogens (tertiary/aromatic N) is 1. The molecule has 0 saturated carbocycles. The predicted molar refractivity (Wildman–Crippen MR) is 74.6 cm³/mol. The van der Waals surface area contributed by atoms with Crippen LogP contribution in [0, 0.1) is 12.3 Å². The van der Waals surface area contributed by atoms with Crippen molar-refractivity contribution in [2.75, 3.05) is 37.7 Å². The number of hydrogen-bond donors (Lipinski definition) is 1. The molecule has 3 nitrogen and oxygen atoms in total. The molecule has 0 unspecified atom stereocenters. The Morgan fingerprint density at radius 2 is 1.94 bits per heavy atom. The van der Waals surface area contributed by atoms with E-state index in [0.29, 0.717) is 0 Å². The number of anilines is 1. The Hall–Kier alpha value is -1.50. The fourth-order valence-electron chi connectivity index (χ4n) is 2.04. The zero-order chi connectivity index (χ0) is 12.6. The van der Waals surface area contributed by atoms with Crippen molar-refractivity contribution in [2.45, 2.75) is 13.0 Å². The molecule has 1 heterocycles. The molecule has 0 bridgehead atoms. The molecule has 1 aliphatic rings. The van der Waals surface area contributed by atoms with Crippen LogP contribution >= 0.6 is 0 Å². The van der Waals surface area contributed by atoms with Gasteiger partial charge < -0.3 is 15.0 Å². The Labute approximate surface area is 109 Å². The number of ether oxygens (including phenoxy) is 1. The molecule has 1 N–H and O–H groups in total. The molecule has 0 spiro atoms. The highest BCUT2D eigenvalue weighted by molar-refractivity contribution is 5.47. The zero-order valence-corrected chi connectivity index (χ0v) is 10.7. The first-order chi connectivity index (χ1) is 8.90. The van der Waals surface area contributed by atoms with Crippen LogP contribution in [0.3, 0.4) is 0 Å². The fraction of sp³-hybridized carbons (Fsp3) is 0.467. The van der Waals surface area contributed by atoms with E-state index >= 15 is 0 Å². The van der Waals surface area contributed by atoms with Crippen LogP contribution < -0.4 is 10.2 Å². The minimum Gasteiger partial charge on any atom is -0.378 e. The lowest BCUT2D eigenvalue weighted by molar-refractivity contribution is 0.122. The second kappa shape index (κ2) is 7.05. The molecule has 0 aromatic heterocycles. The number of benzene rings is 1. The van der Waals surface area contributed by atoms with Crippen molar-refractivity contribution in [3.8, 4) is 12.3 Å². The Kier molecular flexibility index (Phi) is 5.07. The largest absolute Gasteiger partial charge is 0.378 e. The van der Waals surface area contributed by atoms with Crippen molar-refractivity contribution in [1.82, 2.24) is 5.32 Å². The Balaban J connectivity index is 1.83. The summed E-state index contributed by atoms with van der Waals surface area (Å²) in [6, 6.07) is 8.72. The van der Waals surface area contributed by atoms with Gasteiger partial charge in [-0.25, -0.2) is 0 Å². The topological polar surface area (TPSA) is 24.5 Å². The Morgan fingerprint density at radius 3 is 2.61 bits per heavy atom. The highest BCUT2D eigenvalue weighted by Gasteiger charge is 2.10. The molecule has 1 saturated heterocycles. The normalized spacial score (nSPS) is 15.4. The summed E-state index contributed by atoms with van der Waals surface area (Å²) in [6.45, 7) is 5.39. The van der Waals surface area contributed by atoms with Crippen molar-refractivity contribution in [2.24, 2.45) is 0 Å². The van der Waals surface area contributed by atoms with E-state index in [4.69, 9.17) is 11.2 Å². The third-order valence-electron chi connectivity index (χ3n) is 3.09. The third kappa shape index (κ3) is 3.76. The maximum atomic E-state index is 5.35. The van der Waals surface area contributed by atoms with E-state index < -0.39 is 0 Å². The summed E-state index contributed by atoms with van der Waals surface area (Å²) < 4.78 is 5.35. The molecule has 0 amide bonds. The van der Waals surface area contributed by atoms with Crippen molar-refractivity contribution < 1.29 is 4.74 Å². The first-order valence-electron chi connectivity index (χ1n) is 6.46. The van der Waals surface area contributed by atoms with E-state index in [0.717, 1.165) is 45.8 Å². The summed E-state index contributed by atoms with van der Waals surface area (Å²) in [5.74, 6) is 2.63. The lowest BCUT2D eigenvalue weighted by atomic mass is 10.2. The predicted octanol–water partition coefficient (Wildman–Crippen LogP) is 1.64. The molecule has 0 aliphatic carbocycles. The lowest BCUT2D eigenvalue weighted by Gasteiger charge is -2.28. The molecule has 1 aromatic carbocycles. The molecular formula is C15H20N2O. The minimum absolute atomic E-state index is 0.784. The van der Waals surface area contributed by atoms with E-state index in [-0.39, 0.29) is 0 Å². The van der Waals surface area contributed by atoms with Crippen LogP contribution in [-0.4, -0.2) is 32.8 Å². The van der Waals surface area contributed by atoms with Gasteiger partial charge in [-0.2, -0.15) is 0 Å². The summed E-state index contributed by atoms with van der Waals surface area (Å²) in [4.78, 5) is 2.36. The van der Waals surface area contributed by atoms with Crippen LogP contribution in [0.4, 0.5) is 5.69 Å². The molecule has 0 radical (unpaired) electrons. The molecular weight excluding hydrogens is 224 g/mol. The van der Waals surface area contributed by atoms with Gasteiger partial charge in [0.15, 0.2) is 0 Å². The quantitative estimate of drug-likeness (QED) is 0.629. The fourth-order valence-corrected chi connectivity index (χ4v) is 2.04. The van der Waals surface area contributed by atoms with Gasteiger partial charge in [0.2, 0.25) is 0 Å². The number of nitrogens with one attached hydrogen (secondary N) is 1. The first kappa shape index (κ1) is 12.9. The molecule has 96 valence electrons. The average molecular weight is 244 g/mol. The summed E-state index contributed by atoms with van der Waals surface area (Å²) in [5, 5.41) is 3.33. The van der Waals surface area contributed by atoms with E-state index in [2.05, 4.69) is 40.4 Å². The van der Waals surface area contributed by atoms with Crippen LogP contribution in [0.1, 0.15) is 12.0 Å². The standard InChI is InChI=1S/C15H20N2O/c1-2-3-8-16-13-14-4-6-15(7-5-14)17-9-11-18-12-10-17/h1,4-7,16H,3,8-13H2. The van der Waals surface area contributed by atoms with Gasteiger partial charge in [0.1, 0.15) is 0 Å². The van der Waals surface area contributed by atoms with E-state index in [9.17, 15) is 0 Å². The van der Waals surface area contributed by atoms with Gasteiger partial charge >= 0.3 is 0 Å². The average Bonchev–Trinajstić information content (AvgIpc) is 2.45. The lowest BCUT2D eigenvalue weighted by Crippen LogP contribution is -2.36. The van der Waals surface area contributed by atoms with Gasteiger partial charge in [-0.05, 0) is 17.7 Å². The summed E-state index contributed by atoms with van der Waals surface area (Å²) >= 11 is 0. The van der Waals surface area contributed by atoms with Crippen LogP contribution in [0.5, 0.6) is 0 Å². The zero-order valence-electron chi connectivity index (χ0n) is 10.7. The van der Waals surface area contributed by atoms with Crippen molar-refractivity contribution in [1.29, 1.82) is 0 Å². The Morgan fingerprint density at radius 1 is 1.22 bits per heavy atom. The van der Waals surface area contributed by atoms with Gasteiger partial charge in [-0.1, -0.05) is 12.1 Å². The van der Waals surface area contributed by atoms with Crippen LogP contribution in [-0.2, 0) is 11.3 Å². The summed E-state index contributed by atoms with van der Waals surface area (Å²) in [6.07, 6.45) is 5.99. The van der Waals surface area contributed by atoms with Crippen LogP contribution in [0.2, 0.25) is 0 Å². The first-order valence-corrected chi connectivity index (χ1v) is 6.46. The highest BCUT2D eigenvalue weighted by atomic mass is 16.5. The Bertz CT molecular complexity index is 388. The number of rotatable bonds is 5. The maximum absolute atomic E-state index is 5.35. The van der Waals surface area contributed by atoms with Crippen molar-refractivity contribution >= 4 is 5.69 Å². The third-order valence-corrected chi connectivity index (χ3v) is 3.09. The minimum atomic E-state index is 0.784. The number of terminal acetylenes is 1. The monoisotopic (exact) mass is 244 g/mol. The molecule has 3 heteroatoms.